The molecule has 1 unspecified atom stereocenters. The quantitative estimate of drug-likeness (QED) is 0.812. The summed E-state index contributed by atoms with van der Waals surface area (Å²) in [5.41, 5.74) is 1.32. The third-order valence-corrected chi connectivity index (χ3v) is 5.43. The molecule has 1 spiro atoms. The molecule has 0 N–H and O–H groups in total. The highest BCUT2D eigenvalue weighted by molar-refractivity contribution is 5.92. The van der Waals surface area contributed by atoms with Crippen molar-refractivity contribution in [1.29, 1.82) is 0 Å². The molecule has 8 heteroatoms. The first-order chi connectivity index (χ1) is 12.8. The minimum absolute atomic E-state index is 0.0452. The smallest absolute Gasteiger partial charge is 0.274 e. The lowest BCUT2D eigenvalue weighted by Crippen LogP contribution is -2.59. The molecule has 8 nitrogen and oxygen atoms in total. The van der Waals surface area contributed by atoms with Gasteiger partial charge in [-0.3, -0.25) is 14.7 Å². The van der Waals surface area contributed by atoms with Crippen molar-refractivity contribution in [1.82, 2.24) is 30.0 Å². The van der Waals surface area contributed by atoms with Gasteiger partial charge >= 0.3 is 0 Å². The van der Waals surface area contributed by atoms with Crippen molar-refractivity contribution in [3.63, 3.8) is 0 Å². The van der Waals surface area contributed by atoms with Gasteiger partial charge in [-0.15, -0.1) is 10.2 Å². The van der Waals surface area contributed by atoms with E-state index >= 15 is 0 Å². The van der Waals surface area contributed by atoms with Gasteiger partial charge in [-0.1, -0.05) is 13.8 Å². The highest BCUT2D eigenvalue weighted by Crippen LogP contribution is 2.47. The Morgan fingerprint density at radius 3 is 2.70 bits per heavy atom. The van der Waals surface area contributed by atoms with Gasteiger partial charge in [-0.05, 0) is 26.3 Å². The Kier molecular flexibility index (Phi) is 4.46. The molecule has 2 aromatic rings. The van der Waals surface area contributed by atoms with Crippen LogP contribution in [0.1, 0.15) is 54.3 Å². The molecule has 1 amide bonds. The average molecular weight is 370 g/mol. The predicted molar refractivity (Wildman–Crippen MR) is 97.9 cm³/mol. The second kappa shape index (κ2) is 6.67. The van der Waals surface area contributed by atoms with Gasteiger partial charge in [-0.25, -0.2) is 4.98 Å². The number of hydrogen-bond donors (Lipinski definition) is 0. The van der Waals surface area contributed by atoms with Crippen molar-refractivity contribution < 1.29 is 9.21 Å². The fourth-order valence-electron chi connectivity index (χ4n) is 4.18. The van der Waals surface area contributed by atoms with Crippen LogP contribution in [0.2, 0.25) is 0 Å². The lowest BCUT2D eigenvalue weighted by atomic mass is 9.77. The van der Waals surface area contributed by atoms with E-state index in [1.165, 1.54) is 0 Å². The lowest BCUT2D eigenvalue weighted by Gasteiger charge is -2.47. The minimum Gasteiger partial charge on any atom is -0.424 e. The molecule has 2 saturated heterocycles. The zero-order valence-corrected chi connectivity index (χ0v) is 16.3. The Morgan fingerprint density at radius 1 is 1.26 bits per heavy atom. The van der Waals surface area contributed by atoms with Crippen LogP contribution >= 0.6 is 0 Å². The molecule has 144 valence electrons. The maximum absolute atomic E-state index is 12.6. The molecule has 0 aromatic carbocycles. The summed E-state index contributed by atoms with van der Waals surface area (Å²) in [5, 5.41) is 8.47. The fourth-order valence-corrected chi connectivity index (χ4v) is 4.18. The Labute approximate surface area is 159 Å². The van der Waals surface area contributed by atoms with Crippen LogP contribution in [0.25, 0.3) is 0 Å². The third kappa shape index (κ3) is 3.45. The topological polar surface area (TPSA) is 88.2 Å². The number of aromatic nitrogens is 4. The summed E-state index contributed by atoms with van der Waals surface area (Å²) in [7, 11) is 2.08. The zero-order valence-electron chi connectivity index (χ0n) is 16.3. The van der Waals surface area contributed by atoms with Crippen LogP contribution in [0.4, 0.5) is 0 Å². The summed E-state index contributed by atoms with van der Waals surface area (Å²) in [6.07, 6.45) is 4.91. The van der Waals surface area contributed by atoms with E-state index in [-0.39, 0.29) is 17.4 Å². The number of amides is 1. The van der Waals surface area contributed by atoms with Gasteiger partial charge < -0.3 is 9.32 Å². The first-order valence-corrected chi connectivity index (χ1v) is 9.46. The number of carbonyl (C=O) groups is 1. The molecule has 0 bridgehead atoms. The molecule has 2 fully saturated rings. The highest BCUT2D eigenvalue weighted by atomic mass is 16.4. The predicted octanol–water partition coefficient (Wildman–Crippen LogP) is 1.89. The van der Waals surface area contributed by atoms with Crippen LogP contribution in [0, 0.1) is 18.3 Å². The molecule has 2 aliphatic rings. The van der Waals surface area contributed by atoms with Crippen LogP contribution < -0.4 is 0 Å². The monoisotopic (exact) mass is 370 g/mol. The summed E-state index contributed by atoms with van der Waals surface area (Å²) in [6.45, 7) is 8.52. The molecular weight excluding hydrogens is 344 g/mol. The van der Waals surface area contributed by atoms with E-state index in [9.17, 15) is 4.79 Å². The number of nitrogens with zero attached hydrogens (tertiary/aromatic N) is 6. The van der Waals surface area contributed by atoms with Gasteiger partial charge in [0.2, 0.25) is 11.8 Å². The van der Waals surface area contributed by atoms with Crippen molar-refractivity contribution in [3.8, 4) is 0 Å². The summed E-state index contributed by atoms with van der Waals surface area (Å²) in [6, 6.07) is 0.120. The van der Waals surface area contributed by atoms with E-state index in [1.54, 1.807) is 12.4 Å². The summed E-state index contributed by atoms with van der Waals surface area (Å²) in [4.78, 5) is 25.1. The molecule has 4 heterocycles. The first-order valence-electron chi connectivity index (χ1n) is 9.46. The molecule has 27 heavy (non-hydrogen) atoms. The lowest BCUT2D eigenvalue weighted by molar-refractivity contribution is 0.0109. The molecular formula is C19H26N6O2. The van der Waals surface area contributed by atoms with Crippen molar-refractivity contribution >= 4 is 5.91 Å². The number of aryl methyl sites for hydroxylation is 1. The molecule has 1 atom stereocenters. The Balaban J connectivity index is 1.40. The zero-order chi connectivity index (χ0) is 19.2. The molecule has 4 rings (SSSR count). The number of carbonyl (C=O) groups excluding carboxylic acids is 1. The van der Waals surface area contributed by atoms with E-state index in [2.05, 4.69) is 46.0 Å². The van der Waals surface area contributed by atoms with Crippen molar-refractivity contribution in [2.24, 2.45) is 11.3 Å². The summed E-state index contributed by atoms with van der Waals surface area (Å²) < 4.78 is 5.90. The van der Waals surface area contributed by atoms with E-state index in [0.717, 1.165) is 38.2 Å². The van der Waals surface area contributed by atoms with Gasteiger partial charge in [0, 0.05) is 37.7 Å². The normalized spacial score (nSPS) is 21.8. The van der Waals surface area contributed by atoms with Gasteiger partial charge in [0.05, 0.1) is 17.9 Å². The first kappa shape index (κ1) is 18.0. The van der Waals surface area contributed by atoms with Crippen LogP contribution in [0.3, 0.4) is 0 Å². The molecule has 0 aliphatic carbocycles. The molecule has 2 aliphatic heterocycles. The average Bonchev–Trinajstić information content (AvgIpc) is 3.17. The van der Waals surface area contributed by atoms with E-state index in [4.69, 9.17) is 4.42 Å². The second-order valence-corrected chi connectivity index (χ2v) is 8.47. The number of rotatable bonds is 4. The largest absolute Gasteiger partial charge is 0.424 e. The van der Waals surface area contributed by atoms with E-state index in [0.29, 0.717) is 23.4 Å². The van der Waals surface area contributed by atoms with E-state index in [1.807, 2.05) is 11.8 Å². The Hall–Kier alpha value is -2.35. The van der Waals surface area contributed by atoms with Crippen LogP contribution in [-0.2, 0) is 6.42 Å². The maximum atomic E-state index is 12.6. The minimum atomic E-state index is -0.0452. The molecule has 0 radical (unpaired) electrons. The van der Waals surface area contributed by atoms with Crippen molar-refractivity contribution in [3.05, 3.63) is 35.6 Å². The van der Waals surface area contributed by atoms with E-state index < -0.39 is 0 Å². The summed E-state index contributed by atoms with van der Waals surface area (Å²) >= 11 is 0. The Bertz CT molecular complexity index is 825. The van der Waals surface area contributed by atoms with Gasteiger partial charge in [0.15, 0.2) is 0 Å². The standard InChI is InChI=1S/C19H26N6O2/c1-12(2)5-16-22-23-17(27-16)15-6-19(9-24(15)4)10-25(11-19)18(26)14-8-20-13(3)7-21-14/h7-8,12,15H,5-6,9-11H2,1-4H3. The third-order valence-electron chi connectivity index (χ3n) is 5.43. The number of likely N-dealkylation sites (tertiary alicyclic amines) is 2. The second-order valence-electron chi connectivity index (χ2n) is 8.47. The number of hydrogen-bond acceptors (Lipinski definition) is 7. The highest BCUT2D eigenvalue weighted by Gasteiger charge is 2.53. The van der Waals surface area contributed by atoms with Gasteiger partial charge in [0.1, 0.15) is 5.69 Å². The maximum Gasteiger partial charge on any atom is 0.274 e. The molecule has 0 saturated carbocycles. The molecule has 2 aromatic heterocycles. The van der Waals surface area contributed by atoms with Gasteiger partial charge in [0.25, 0.3) is 5.91 Å². The SMILES string of the molecule is Cc1cnc(C(=O)N2CC3(CC(c4nnc(CC(C)C)o4)N(C)C3)C2)cn1. The summed E-state index contributed by atoms with van der Waals surface area (Å²) in [5.74, 6) is 1.84. The van der Waals surface area contributed by atoms with Crippen molar-refractivity contribution in [2.45, 2.75) is 39.7 Å². The Morgan fingerprint density at radius 2 is 2.04 bits per heavy atom. The van der Waals surface area contributed by atoms with Crippen LogP contribution in [0.15, 0.2) is 16.8 Å². The van der Waals surface area contributed by atoms with Crippen LogP contribution in [-0.4, -0.2) is 62.6 Å². The fraction of sp³-hybridized carbons (Fsp3) is 0.632. The van der Waals surface area contributed by atoms with Crippen molar-refractivity contribution in [2.75, 3.05) is 26.7 Å². The van der Waals surface area contributed by atoms with Gasteiger partial charge in [-0.2, -0.15) is 0 Å². The van der Waals surface area contributed by atoms with Crippen LogP contribution in [0.5, 0.6) is 0 Å².